The van der Waals surface area contributed by atoms with Crippen molar-refractivity contribution in [3.8, 4) is 0 Å². The van der Waals surface area contributed by atoms with Crippen LogP contribution >= 0.6 is 0 Å². The zero-order valence-electron chi connectivity index (χ0n) is 14.7. The van der Waals surface area contributed by atoms with Crippen molar-refractivity contribution >= 4 is 29.7 Å². The van der Waals surface area contributed by atoms with E-state index in [1.807, 2.05) is 5.32 Å². The van der Waals surface area contributed by atoms with Gasteiger partial charge in [-0.15, -0.1) is 0 Å². The van der Waals surface area contributed by atoms with Crippen molar-refractivity contribution in [3.63, 3.8) is 0 Å². The molecule has 4 atom stereocenters. The normalized spacial score (nSPS) is 19.4. The molecule has 0 aliphatic carbocycles. The van der Waals surface area contributed by atoms with Crippen LogP contribution in [0, 0.1) is 0 Å². The topological polar surface area (TPSA) is 194 Å². The lowest BCUT2D eigenvalue weighted by Crippen LogP contribution is -2.59. The van der Waals surface area contributed by atoms with Crippen LogP contribution in [0.2, 0.25) is 0 Å². The van der Waals surface area contributed by atoms with E-state index in [4.69, 9.17) is 10.2 Å². The molecule has 1 fully saturated rings. The second-order valence-corrected chi connectivity index (χ2v) is 6.15. The van der Waals surface area contributed by atoms with E-state index in [0.717, 1.165) is 6.42 Å². The summed E-state index contributed by atoms with van der Waals surface area (Å²) in [5.41, 5.74) is 0. The van der Waals surface area contributed by atoms with Crippen molar-refractivity contribution in [2.75, 3.05) is 13.1 Å². The molecule has 1 saturated heterocycles. The monoisotopic (exact) mass is 388 g/mol. The van der Waals surface area contributed by atoms with Gasteiger partial charge in [0.25, 0.3) is 0 Å². The summed E-state index contributed by atoms with van der Waals surface area (Å²) in [6.07, 6.45) is -0.766. The van der Waals surface area contributed by atoms with Gasteiger partial charge in [0.2, 0.25) is 17.7 Å². The number of hydrogen-bond donors (Lipinski definition) is 7. The maximum absolute atomic E-state index is 12.4. The minimum atomic E-state index is -1.57. The first kappa shape index (κ1) is 22.3. The number of carbonyl (C=O) groups excluding carboxylic acids is 3. The van der Waals surface area contributed by atoms with E-state index in [-0.39, 0.29) is 0 Å². The van der Waals surface area contributed by atoms with E-state index >= 15 is 0 Å². The van der Waals surface area contributed by atoms with Gasteiger partial charge in [-0.2, -0.15) is 0 Å². The summed E-state index contributed by atoms with van der Waals surface area (Å²) >= 11 is 0. The van der Waals surface area contributed by atoms with Gasteiger partial charge in [0, 0.05) is 0 Å². The molecule has 7 N–H and O–H groups in total. The number of aliphatic hydroxyl groups excluding tert-OH is 1. The van der Waals surface area contributed by atoms with Crippen LogP contribution in [0.5, 0.6) is 0 Å². The van der Waals surface area contributed by atoms with E-state index in [1.165, 1.54) is 6.92 Å². The number of amides is 3. The Balaban J connectivity index is 2.78. The molecule has 12 nitrogen and oxygen atoms in total. The molecule has 1 heterocycles. The highest BCUT2D eigenvalue weighted by molar-refractivity contribution is 5.95. The van der Waals surface area contributed by atoms with Crippen molar-refractivity contribution in [1.29, 1.82) is 0 Å². The molecular weight excluding hydrogens is 364 g/mol. The number of nitrogens with one attached hydrogen (secondary N) is 4. The Kier molecular flexibility index (Phi) is 8.62. The second-order valence-electron chi connectivity index (χ2n) is 6.15. The maximum Gasteiger partial charge on any atom is 0.322 e. The van der Waals surface area contributed by atoms with Crippen molar-refractivity contribution in [2.24, 2.45) is 0 Å². The lowest BCUT2D eigenvalue weighted by atomic mass is 10.1. The van der Waals surface area contributed by atoms with E-state index in [2.05, 4.69) is 16.0 Å². The smallest absolute Gasteiger partial charge is 0.322 e. The molecule has 12 heteroatoms. The first-order valence-corrected chi connectivity index (χ1v) is 8.35. The highest BCUT2D eigenvalue weighted by Crippen LogP contribution is 2.06. The molecule has 3 amide bonds. The summed E-state index contributed by atoms with van der Waals surface area (Å²) < 4.78 is 0. The van der Waals surface area contributed by atoms with E-state index < -0.39 is 66.9 Å². The Morgan fingerprint density at radius 3 is 2.22 bits per heavy atom. The van der Waals surface area contributed by atoms with E-state index in [1.54, 1.807) is 0 Å². The summed E-state index contributed by atoms with van der Waals surface area (Å²) in [5, 5.41) is 36.6. The van der Waals surface area contributed by atoms with Crippen LogP contribution in [0.4, 0.5) is 0 Å². The van der Waals surface area contributed by atoms with Crippen LogP contribution in [0.1, 0.15) is 26.2 Å². The van der Waals surface area contributed by atoms with Gasteiger partial charge in [0.1, 0.15) is 18.6 Å². The van der Waals surface area contributed by atoms with Crippen molar-refractivity contribution in [3.05, 3.63) is 0 Å². The zero-order chi connectivity index (χ0) is 20.6. The molecule has 1 aliphatic rings. The first-order valence-electron chi connectivity index (χ1n) is 8.35. The number of carbonyl (C=O) groups is 5. The molecular formula is C15H24N4O8. The molecule has 27 heavy (non-hydrogen) atoms. The highest BCUT2D eigenvalue weighted by atomic mass is 16.4. The number of carboxylic acid groups (broad SMARTS) is 2. The van der Waals surface area contributed by atoms with Gasteiger partial charge in [0.05, 0.1) is 18.6 Å². The van der Waals surface area contributed by atoms with Crippen LogP contribution in [-0.2, 0) is 24.0 Å². The third kappa shape index (κ3) is 7.58. The largest absolute Gasteiger partial charge is 0.481 e. The molecule has 4 unspecified atom stereocenters. The summed E-state index contributed by atoms with van der Waals surface area (Å²) in [7, 11) is 0. The van der Waals surface area contributed by atoms with Crippen LogP contribution in [0.15, 0.2) is 0 Å². The van der Waals surface area contributed by atoms with Crippen molar-refractivity contribution in [2.45, 2.75) is 50.4 Å². The summed E-state index contributed by atoms with van der Waals surface area (Å²) in [4.78, 5) is 57.9. The molecule has 0 radical (unpaired) electrons. The summed E-state index contributed by atoms with van der Waals surface area (Å²) in [5.74, 6) is -5.23. The average molecular weight is 388 g/mol. The fourth-order valence-electron chi connectivity index (χ4n) is 2.50. The SMILES string of the molecule is CC(O)C(NC(=O)C1CCCN1)C(=O)NC(CC(=O)O)C(=O)NCC(=O)O. The standard InChI is InChI=1S/C15H24N4O8/c1-7(20)12(19-14(26)8-3-2-4-16-8)15(27)18-9(5-10(21)22)13(25)17-6-11(23)24/h7-9,12,16,20H,2-6H2,1H3,(H,17,25)(H,18,27)(H,19,26)(H,21,22)(H,23,24). The fraction of sp³-hybridized carbons (Fsp3) is 0.667. The number of aliphatic carboxylic acids is 2. The number of rotatable bonds is 10. The van der Waals surface area contributed by atoms with Gasteiger partial charge in [-0.25, -0.2) is 0 Å². The molecule has 152 valence electrons. The van der Waals surface area contributed by atoms with Crippen LogP contribution in [-0.4, -0.2) is 82.3 Å². The van der Waals surface area contributed by atoms with Gasteiger partial charge in [-0.1, -0.05) is 0 Å². The minimum absolute atomic E-state index is 0.501. The Morgan fingerprint density at radius 1 is 1.07 bits per heavy atom. The molecule has 0 spiro atoms. The average Bonchev–Trinajstić information content (AvgIpc) is 3.10. The molecule has 0 bridgehead atoms. The predicted molar refractivity (Wildman–Crippen MR) is 89.5 cm³/mol. The van der Waals surface area contributed by atoms with E-state index in [9.17, 15) is 29.1 Å². The quantitative estimate of drug-likeness (QED) is 0.201. The summed E-state index contributed by atoms with van der Waals surface area (Å²) in [6.45, 7) is 1.14. The predicted octanol–water partition coefficient (Wildman–Crippen LogP) is -3.24. The van der Waals surface area contributed by atoms with Crippen LogP contribution < -0.4 is 21.3 Å². The first-order chi connectivity index (χ1) is 12.6. The molecule has 1 rings (SSSR count). The minimum Gasteiger partial charge on any atom is -0.481 e. The van der Waals surface area contributed by atoms with Gasteiger partial charge < -0.3 is 36.6 Å². The molecule has 0 saturated carbocycles. The molecule has 0 aromatic rings. The van der Waals surface area contributed by atoms with Crippen LogP contribution in [0.3, 0.4) is 0 Å². The molecule has 0 aromatic carbocycles. The molecule has 1 aliphatic heterocycles. The van der Waals surface area contributed by atoms with Crippen molar-refractivity contribution < 1.29 is 39.3 Å². The van der Waals surface area contributed by atoms with Gasteiger partial charge in [0.15, 0.2) is 0 Å². The Morgan fingerprint density at radius 2 is 1.74 bits per heavy atom. The zero-order valence-corrected chi connectivity index (χ0v) is 14.7. The van der Waals surface area contributed by atoms with E-state index in [0.29, 0.717) is 13.0 Å². The second kappa shape index (κ2) is 10.4. The lowest BCUT2D eigenvalue weighted by Gasteiger charge is -2.25. The molecule has 0 aromatic heterocycles. The maximum atomic E-state index is 12.4. The van der Waals surface area contributed by atoms with Gasteiger partial charge in [-0.05, 0) is 26.3 Å². The third-order valence-corrected chi connectivity index (χ3v) is 3.87. The van der Waals surface area contributed by atoms with Crippen LogP contribution in [0.25, 0.3) is 0 Å². The van der Waals surface area contributed by atoms with Gasteiger partial charge in [-0.3, -0.25) is 24.0 Å². The van der Waals surface area contributed by atoms with Crippen molar-refractivity contribution in [1.82, 2.24) is 21.3 Å². The lowest BCUT2D eigenvalue weighted by molar-refractivity contribution is -0.142. The fourth-order valence-corrected chi connectivity index (χ4v) is 2.50. The highest BCUT2D eigenvalue weighted by Gasteiger charge is 2.33. The Bertz CT molecular complexity index is 588. The Hall–Kier alpha value is -2.73. The summed E-state index contributed by atoms with van der Waals surface area (Å²) in [6, 6.07) is -3.49. The number of carboxylic acids is 2. The van der Waals surface area contributed by atoms with Gasteiger partial charge >= 0.3 is 11.9 Å². The number of aliphatic hydroxyl groups is 1. The number of hydrogen-bond acceptors (Lipinski definition) is 7. The third-order valence-electron chi connectivity index (χ3n) is 3.87. The Labute approximate surface area is 154 Å².